The van der Waals surface area contributed by atoms with Gasteiger partial charge >= 0.3 is 0 Å². The number of rotatable bonds is 4. The summed E-state index contributed by atoms with van der Waals surface area (Å²) in [6, 6.07) is 5.46. The highest BCUT2D eigenvalue weighted by atomic mass is 16.5. The van der Waals surface area contributed by atoms with E-state index in [2.05, 4.69) is 41.2 Å². The van der Waals surface area contributed by atoms with Crippen molar-refractivity contribution in [2.75, 3.05) is 18.1 Å². The van der Waals surface area contributed by atoms with Crippen LogP contribution in [0.15, 0.2) is 18.3 Å². The molecule has 0 radical (unpaired) electrons. The number of hydrogen-bond donors (Lipinski definition) is 1. The Morgan fingerprint density at radius 3 is 3.05 bits per heavy atom. The molecule has 2 unspecified atom stereocenters. The normalized spacial score (nSPS) is 27.6. The summed E-state index contributed by atoms with van der Waals surface area (Å²) < 4.78 is 5.68. The van der Waals surface area contributed by atoms with Crippen molar-refractivity contribution in [3.63, 3.8) is 0 Å². The standard InChI is InChI=1S/C15H23N3O/c1-11-10-19-12(2)9-18(11)15-7-13(5-6-16-15)8-17-14-3-4-14/h5-7,11-12,14,17H,3-4,8-10H2,1-2H3. The number of pyridine rings is 1. The van der Waals surface area contributed by atoms with Crippen LogP contribution >= 0.6 is 0 Å². The van der Waals surface area contributed by atoms with E-state index in [-0.39, 0.29) is 6.10 Å². The Labute approximate surface area is 115 Å². The Balaban J connectivity index is 1.69. The molecule has 2 heterocycles. The predicted molar refractivity (Wildman–Crippen MR) is 76.3 cm³/mol. The first kappa shape index (κ1) is 12.9. The van der Waals surface area contributed by atoms with E-state index in [1.165, 1.54) is 18.4 Å². The molecule has 1 saturated heterocycles. The highest BCUT2D eigenvalue weighted by Gasteiger charge is 2.25. The van der Waals surface area contributed by atoms with Gasteiger partial charge in [-0.1, -0.05) is 0 Å². The van der Waals surface area contributed by atoms with Crippen molar-refractivity contribution < 1.29 is 4.74 Å². The molecule has 4 nitrogen and oxygen atoms in total. The van der Waals surface area contributed by atoms with Crippen LogP contribution in [0.25, 0.3) is 0 Å². The van der Waals surface area contributed by atoms with Crippen LogP contribution in [0.5, 0.6) is 0 Å². The fourth-order valence-corrected chi connectivity index (χ4v) is 2.50. The van der Waals surface area contributed by atoms with Crippen molar-refractivity contribution in [3.8, 4) is 0 Å². The number of nitrogens with zero attached hydrogens (tertiary/aromatic N) is 2. The van der Waals surface area contributed by atoms with Crippen LogP contribution in [0.1, 0.15) is 32.3 Å². The maximum Gasteiger partial charge on any atom is 0.129 e. The number of hydrogen-bond acceptors (Lipinski definition) is 4. The predicted octanol–water partition coefficient (Wildman–Crippen LogP) is 1.95. The summed E-state index contributed by atoms with van der Waals surface area (Å²) in [6.45, 7) is 6.98. The third kappa shape index (κ3) is 3.25. The summed E-state index contributed by atoms with van der Waals surface area (Å²) >= 11 is 0. The molecule has 2 atom stereocenters. The lowest BCUT2D eigenvalue weighted by Crippen LogP contribution is -2.47. The van der Waals surface area contributed by atoms with Gasteiger partial charge in [0.1, 0.15) is 5.82 Å². The quantitative estimate of drug-likeness (QED) is 0.899. The minimum absolute atomic E-state index is 0.284. The van der Waals surface area contributed by atoms with Crippen molar-refractivity contribution in [1.29, 1.82) is 0 Å². The average Bonchev–Trinajstić information content (AvgIpc) is 3.24. The van der Waals surface area contributed by atoms with Gasteiger partial charge in [0, 0.05) is 25.3 Å². The van der Waals surface area contributed by atoms with E-state index in [4.69, 9.17) is 4.74 Å². The molecule has 2 fully saturated rings. The van der Waals surface area contributed by atoms with Crippen LogP contribution in [-0.4, -0.2) is 36.3 Å². The Hall–Kier alpha value is -1.13. The largest absolute Gasteiger partial charge is 0.375 e. The molecule has 4 heteroatoms. The van der Waals surface area contributed by atoms with E-state index >= 15 is 0 Å². The molecule has 1 aliphatic heterocycles. The average molecular weight is 261 g/mol. The van der Waals surface area contributed by atoms with Gasteiger partial charge in [0.05, 0.1) is 18.8 Å². The topological polar surface area (TPSA) is 37.4 Å². The Bertz CT molecular complexity index is 433. The van der Waals surface area contributed by atoms with Crippen LogP contribution in [0.2, 0.25) is 0 Å². The van der Waals surface area contributed by atoms with Crippen LogP contribution in [0, 0.1) is 0 Å². The highest BCUT2D eigenvalue weighted by molar-refractivity contribution is 5.42. The van der Waals surface area contributed by atoms with Crippen LogP contribution in [-0.2, 0) is 11.3 Å². The van der Waals surface area contributed by atoms with Gasteiger partial charge < -0.3 is 15.0 Å². The van der Waals surface area contributed by atoms with Crippen molar-refractivity contribution in [1.82, 2.24) is 10.3 Å². The van der Waals surface area contributed by atoms with Crippen LogP contribution in [0.4, 0.5) is 5.82 Å². The van der Waals surface area contributed by atoms with Crippen LogP contribution < -0.4 is 10.2 Å². The molecule has 1 N–H and O–H groups in total. The van der Waals surface area contributed by atoms with Gasteiger partial charge in [-0.15, -0.1) is 0 Å². The summed E-state index contributed by atoms with van der Waals surface area (Å²) in [5.74, 6) is 1.08. The summed E-state index contributed by atoms with van der Waals surface area (Å²) in [5.41, 5.74) is 1.32. The van der Waals surface area contributed by atoms with Gasteiger partial charge in [-0.2, -0.15) is 0 Å². The van der Waals surface area contributed by atoms with Gasteiger partial charge in [0.2, 0.25) is 0 Å². The molecule has 0 aromatic carbocycles. The molecule has 1 aromatic rings. The third-order valence-electron chi connectivity index (χ3n) is 3.88. The first-order chi connectivity index (χ1) is 9.22. The SMILES string of the molecule is CC1CN(c2cc(CNC3CC3)ccn2)C(C)CO1. The first-order valence-corrected chi connectivity index (χ1v) is 7.29. The number of ether oxygens (including phenoxy) is 1. The maximum absolute atomic E-state index is 5.68. The van der Waals surface area contributed by atoms with E-state index in [1.807, 2.05) is 6.20 Å². The molecule has 0 bridgehead atoms. The molecule has 3 rings (SSSR count). The lowest BCUT2D eigenvalue weighted by Gasteiger charge is -2.37. The highest BCUT2D eigenvalue weighted by Crippen LogP contribution is 2.22. The molecule has 19 heavy (non-hydrogen) atoms. The molecule has 1 aromatic heterocycles. The zero-order valence-electron chi connectivity index (χ0n) is 11.8. The van der Waals surface area contributed by atoms with Crippen LogP contribution in [0.3, 0.4) is 0 Å². The Morgan fingerprint density at radius 1 is 1.42 bits per heavy atom. The molecule has 2 aliphatic rings. The van der Waals surface area contributed by atoms with Gasteiger partial charge in [-0.05, 0) is 44.4 Å². The third-order valence-corrected chi connectivity index (χ3v) is 3.88. The van der Waals surface area contributed by atoms with E-state index in [0.717, 1.165) is 31.6 Å². The molecule has 0 spiro atoms. The first-order valence-electron chi connectivity index (χ1n) is 7.29. The van der Waals surface area contributed by atoms with Gasteiger partial charge in [0.15, 0.2) is 0 Å². The minimum atomic E-state index is 0.284. The van der Waals surface area contributed by atoms with Crippen molar-refractivity contribution in [2.24, 2.45) is 0 Å². The zero-order valence-corrected chi connectivity index (χ0v) is 11.8. The van der Waals surface area contributed by atoms with E-state index < -0.39 is 0 Å². The fraction of sp³-hybridized carbons (Fsp3) is 0.667. The summed E-state index contributed by atoms with van der Waals surface area (Å²) in [7, 11) is 0. The molecular weight excluding hydrogens is 238 g/mol. The fourth-order valence-electron chi connectivity index (χ4n) is 2.50. The second-order valence-corrected chi connectivity index (χ2v) is 5.82. The molecule has 104 valence electrons. The lowest BCUT2D eigenvalue weighted by atomic mass is 10.2. The maximum atomic E-state index is 5.68. The van der Waals surface area contributed by atoms with E-state index in [9.17, 15) is 0 Å². The monoisotopic (exact) mass is 261 g/mol. The van der Waals surface area contributed by atoms with Crippen molar-refractivity contribution >= 4 is 5.82 Å². The number of morpholine rings is 1. The number of nitrogens with one attached hydrogen (secondary N) is 1. The second-order valence-electron chi connectivity index (χ2n) is 5.82. The van der Waals surface area contributed by atoms with Gasteiger partial charge in [-0.25, -0.2) is 4.98 Å². The minimum Gasteiger partial charge on any atom is -0.375 e. The molecule has 1 aliphatic carbocycles. The van der Waals surface area contributed by atoms with Gasteiger partial charge in [-0.3, -0.25) is 0 Å². The Kier molecular flexibility index (Phi) is 3.71. The molecular formula is C15H23N3O. The lowest BCUT2D eigenvalue weighted by molar-refractivity contribution is 0.0340. The second kappa shape index (κ2) is 5.47. The molecule has 1 saturated carbocycles. The Morgan fingerprint density at radius 2 is 2.26 bits per heavy atom. The van der Waals surface area contributed by atoms with E-state index in [0.29, 0.717) is 6.04 Å². The number of anilines is 1. The smallest absolute Gasteiger partial charge is 0.129 e. The zero-order chi connectivity index (χ0) is 13.2. The summed E-state index contributed by atoms with van der Waals surface area (Å²) in [4.78, 5) is 6.89. The van der Waals surface area contributed by atoms with E-state index in [1.54, 1.807) is 0 Å². The van der Waals surface area contributed by atoms with Crippen molar-refractivity contribution in [2.45, 2.75) is 51.4 Å². The summed E-state index contributed by atoms with van der Waals surface area (Å²) in [6.07, 6.45) is 4.86. The molecule has 0 amide bonds. The number of aromatic nitrogens is 1. The van der Waals surface area contributed by atoms with Crippen molar-refractivity contribution in [3.05, 3.63) is 23.9 Å². The van der Waals surface area contributed by atoms with Gasteiger partial charge in [0.25, 0.3) is 0 Å². The summed E-state index contributed by atoms with van der Waals surface area (Å²) in [5, 5.41) is 3.55.